The van der Waals surface area contributed by atoms with E-state index < -0.39 is 12.9 Å². The van der Waals surface area contributed by atoms with Gasteiger partial charge in [-0.3, -0.25) is 4.79 Å². The minimum absolute atomic E-state index is 0.254. The van der Waals surface area contributed by atoms with Crippen LogP contribution in [0.2, 0.25) is 0 Å². The van der Waals surface area contributed by atoms with E-state index in [1.807, 2.05) is 5.32 Å². The molecule has 0 atom stereocenters. The van der Waals surface area contributed by atoms with Crippen molar-refractivity contribution in [2.24, 2.45) is 0 Å². The summed E-state index contributed by atoms with van der Waals surface area (Å²) in [6.45, 7) is -2.48. The van der Waals surface area contributed by atoms with Crippen molar-refractivity contribution in [1.29, 1.82) is 0 Å². The molecule has 0 aliphatic heterocycles. The second kappa shape index (κ2) is 4.28. The summed E-state index contributed by atoms with van der Waals surface area (Å²) in [5, 5.41) is 1.90. The van der Waals surface area contributed by atoms with Gasteiger partial charge in [-0.2, -0.15) is 0 Å². The molecular formula is C9H10BrNO2. The highest BCUT2D eigenvalue weighted by molar-refractivity contribution is 9.10. The molecule has 1 N–H and O–H groups in total. The Morgan fingerprint density at radius 3 is 3.00 bits per heavy atom. The number of carbonyl (C=O) groups excluding carboxylic acids is 1. The smallest absolute Gasteiger partial charge is 0.251 e. The highest BCUT2D eigenvalue weighted by Gasteiger charge is 2.06. The zero-order valence-electron chi connectivity index (χ0n) is 9.93. The van der Waals surface area contributed by atoms with Crippen LogP contribution in [0, 0.1) is 0 Å². The third-order valence-electron chi connectivity index (χ3n) is 1.53. The van der Waals surface area contributed by atoms with Crippen molar-refractivity contribution in [2.45, 2.75) is 0 Å². The Morgan fingerprint density at radius 2 is 2.46 bits per heavy atom. The maximum atomic E-state index is 11.5. The van der Waals surface area contributed by atoms with E-state index in [1.165, 1.54) is 19.2 Å². The molecule has 13 heavy (non-hydrogen) atoms. The van der Waals surface area contributed by atoms with E-state index in [9.17, 15) is 4.79 Å². The average molecular weight is 247 g/mol. The van der Waals surface area contributed by atoms with Crippen LogP contribution in [0.1, 0.15) is 14.5 Å². The van der Waals surface area contributed by atoms with E-state index in [4.69, 9.17) is 8.85 Å². The molecule has 0 bridgehead atoms. The number of hydrogen-bond donors (Lipinski definition) is 1. The number of hydrogen-bond acceptors (Lipinski definition) is 2. The standard InChI is InChI=1S/C9H10BrNO2/c1-11-9(12)6-3-4-8(13-2)7(10)5-6/h3-5H,1-2H3,(H,11,12)/i1D3. The largest absolute Gasteiger partial charge is 0.496 e. The molecule has 70 valence electrons. The fourth-order valence-electron chi connectivity index (χ4n) is 0.880. The lowest BCUT2D eigenvalue weighted by Gasteiger charge is -2.04. The lowest BCUT2D eigenvalue weighted by atomic mass is 10.2. The molecule has 0 fully saturated rings. The quantitative estimate of drug-likeness (QED) is 0.865. The van der Waals surface area contributed by atoms with Crippen LogP contribution in [0.4, 0.5) is 0 Å². The van der Waals surface area contributed by atoms with Gasteiger partial charge in [-0.15, -0.1) is 0 Å². The Hall–Kier alpha value is -1.03. The van der Waals surface area contributed by atoms with Crippen molar-refractivity contribution in [1.82, 2.24) is 5.32 Å². The van der Waals surface area contributed by atoms with Crippen LogP contribution in [0.25, 0.3) is 0 Å². The van der Waals surface area contributed by atoms with E-state index in [2.05, 4.69) is 15.9 Å². The predicted octanol–water partition coefficient (Wildman–Crippen LogP) is 1.82. The van der Waals surface area contributed by atoms with Crippen molar-refractivity contribution >= 4 is 21.8 Å². The average Bonchev–Trinajstić information content (AvgIpc) is 2.15. The SMILES string of the molecule is [2H]C([2H])([2H])NC(=O)c1ccc(OC)c(Br)c1. The number of ether oxygens (including phenoxy) is 1. The zero-order chi connectivity index (χ0) is 12.3. The van der Waals surface area contributed by atoms with Crippen LogP contribution in [0.3, 0.4) is 0 Å². The van der Waals surface area contributed by atoms with E-state index in [-0.39, 0.29) is 5.56 Å². The number of carbonyl (C=O) groups is 1. The van der Waals surface area contributed by atoms with Gasteiger partial charge in [0.1, 0.15) is 5.75 Å². The lowest BCUT2D eigenvalue weighted by Crippen LogP contribution is -2.17. The molecule has 1 amide bonds. The molecule has 0 aromatic heterocycles. The van der Waals surface area contributed by atoms with Crippen molar-refractivity contribution < 1.29 is 13.6 Å². The van der Waals surface area contributed by atoms with Crippen molar-refractivity contribution in [3.63, 3.8) is 0 Å². The van der Waals surface area contributed by atoms with Crippen LogP contribution in [0.5, 0.6) is 5.75 Å². The summed E-state index contributed by atoms with van der Waals surface area (Å²) in [6.07, 6.45) is 0. The molecule has 3 nitrogen and oxygen atoms in total. The van der Waals surface area contributed by atoms with Gasteiger partial charge in [-0.05, 0) is 34.1 Å². The van der Waals surface area contributed by atoms with Gasteiger partial charge in [0.25, 0.3) is 5.91 Å². The Balaban J connectivity index is 2.89. The van der Waals surface area contributed by atoms with Crippen LogP contribution in [-0.2, 0) is 0 Å². The second-order valence-corrected chi connectivity index (χ2v) is 3.16. The molecule has 0 spiro atoms. The van der Waals surface area contributed by atoms with Gasteiger partial charge in [0, 0.05) is 16.7 Å². The molecule has 1 aromatic rings. The normalized spacial score (nSPS) is 13.8. The van der Waals surface area contributed by atoms with Crippen LogP contribution >= 0.6 is 15.9 Å². The first-order valence-corrected chi connectivity index (χ1v) is 4.29. The van der Waals surface area contributed by atoms with Crippen molar-refractivity contribution in [3.8, 4) is 5.75 Å². The minimum Gasteiger partial charge on any atom is -0.496 e. The van der Waals surface area contributed by atoms with Gasteiger partial charge < -0.3 is 10.1 Å². The van der Waals surface area contributed by atoms with Crippen molar-refractivity contribution in [3.05, 3.63) is 28.2 Å². The molecular weight excluding hydrogens is 234 g/mol. The topological polar surface area (TPSA) is 38.3 Å². The van der Waals surface area contributed by atoms with Crippen LogP contribution < -0.4 is 10.1 Å². The Morgan fingerprint density at radius 1 is 1.69 bits per heavy atom. The molecule has 0 aliphatic carbocycles. The van der Waals surface area contributed by atoms with E-state index in [0.29, 0.717) is 10.2 Å². The highest BCUT2D eigenvalue weighted by Crippen LogP contribution is 2.25. The summed E-state index contributed by atoms with van der Waals surface area (Å²) in [6, 6.07) is 4.57. The van der Waals surface area contributed by atoms with Gasteiger partial charge in [-0.1, -0.05) is 0 Å². The third-order valence-corrected chi connectivity index (χ3v) is 2.15. The molecule has 4 heteroatoms. The summed E-state index contributed by atoms with van der Waals surface area (Å²) in [5.41, 5.74) is 0.254. The Labute approximate surface area is 89.4 Å². The maximum absolute atomic E-state index is 11.5. The molecule has 0 unspecified atom stereocenters. The van der Waals surface area contributed by atoms with Gasteiger partial charge in [-0.25, -0.2) is 0 Å². The van der Waals surface area contributed by atoms with E-state index in [1.54, 1.807) is 6.07 Å². The second-order valence-electron chi connectivity index (χ2n) is 2.30. The number of benzene rings is 1. The van der Waals surface area contributed by atoms with Gasteiger partial charge >= 0.3 is 0 Å². The summed E-state index contributed by atoms with van der Waals surface area (Å²) in [5.74, 6) is -0.0752. The molecule has 0 saturated heterocycles. The van der Waals surface area contributed by atoms with Crippen molar-refractivity contribution in [2.75, 3.05) is 14.1 Å². The molecule has 1 rings (SSSR count). The maximum Gasteiger partial charge on any atom is 0.251 e. The summed E-state index contributed by atoms with van der Waals surface area (Å²) < 4.78 is 26.3. The molecule has 0 aliphatic rings. The summed E-state index contributed by atoms with van der Waals surface area (Å²) in [4.78, 5) is 11.5. The number of halogens is 1. The molecule has 0 saturated carbocycles. The molecule has 0 radical (unpaired) electrons. The lowest BCUT2D eigenvalue weighted by molar-refractivity contribution is 0.0963. The highest BCUT2D eigenvalue weighted by atomic mass is 79.9. The molecule has 0 heterocycles. The number of rotatable bonds is 2. The minimum atomic E-state index is -2.48. The fourth-order valence-corrected chi connectivity index (χ4v) is 1.42. The first kappa shape index (κ1) is 6.43. The summed E-state index contributed by atoms with van der Waals surface area (Å²) >= 11 is 3.21. The Bertz CT molecular complexity index is 406. The number of nitrogens with one attached hydrogen (secondary N) is 1. The first-order valence-electron chi connectivity index (χ1n) is 4.99. The fraction of sp³-hybridized carbons (Fsp3) is 0.222. The summed E-state index contributed by atoms with van der Waals surface area (Å²) in [7, 11) is 1.50. The van der Waals surface area contributed by atoms with Gasteiger partial charge in [0.2, 0.25) is 0 Å². The number of amides is 1. The third kappa shape index (κ3) is 2.21. The number of methoxy groups -OCH3 is 1. The van der Waals surface area contributed by atoms with Gasteiger partial charge in [0.05, 0.1) is 11.6 Å². The zero-order valence-corrected chi connectivity index (χ0v) is 8.51. The van der Waals surface area contributed by atoms with Gasteiger partial charge in [0.15, 0.2) is 0 Å². The van der Waals surface area contributed by atoms with E-state index in [0.717, 1.165) is 0 Å². The van der Waals surface area contributed by atoms with E-state index >= 15 is 0 Å². The predicted molar refractivity (Wildman–Crippen MR) is 54.1 cm³/mol. The van der Waals surface area contributed by atoms with Crippen LogP contribution in [-0.4, -0.2) is 20.0 Å². The van der Waals surface area contributed by atoms with Crippen LogP contribution in [0.15, 0.2) is 22.7 Å². The molecule has 1 aromatic carbocycles. The first-order chi connectivity index (χ1) is 7.33. The monoisotopic (exact) mass is 246 g/mol. The Kier molecular flexibility index (Phi) is 2.11.